The number of anilines is 1. The van der Waals surface area contributed by atoms with Gasteiger partial charge in [0, 0.05) is 11.8 Å². The highest BCUT2D eigenvalue weighted by Gasteiger charge is 2.35. The Kier molecular flexibility index (Phi) is 6.34. The standard InChI is InChI=1S/C18H11ClF4N4O4S/c19-13-5-4-9(20)6-14(13)31-17-12(8-15(26-27-17)18(21,22)23)16(28)25-10-2-1-3-11(7-10)32(24,29)30/h1-8H,(H,25,28)(H2,24,29,30). The Hall–Kier alpha value is -3.29. The van der Waals surface area contributed by atoms with Crippen LogP contribution in [0.3, 0.4) is 0 Å². The van der Waals surface area contributed by atoms with E-state index in [0.717, 1.165) is 30.3 Å². The van der Waals surface area contributed by atoms with Gasteiger partial charge in [-0.25, -0.2) is 17.9 Å². The summed E-state index contributed by atoms with van der Waals surface area (Å²) in [6, 6.07) is 8.02. The Morgan fingerprint density at radius 3 is 2.47 bits per heavy atom. The van der Waals surface area contributed by atoms with E-state index in [0.29, 0.717) is 6.07 Å². The van der Waals surface area contributed by atoms with Crippen LogP contribution in [0.15, 0.2) is 53.4 Å². The van der Waals surface area contributed by atoms with E-state index in [9.17, 15) is 30.8 Å². The van der Waals surface area contributed by atoms with Gasteiger partial charge in [0.1, 0.15) is 11.4 Å². The average Bonchev–Trinajstić information content (AvgIpc) is 2.69. The molecule has 2 aromatic carbocycles. The molecule has 0 bridgehead atoms. The number of carbonyl (C=O) groups is 1. The summed E-state index contributed by atoms with van der Waals surface area (Å²) in [6.45, 7) is 0. The summed E-state index contributed by atoms with van der Waals surface area (Å²) in [7, 11) is -4.11. The van der Waals surface area contributed by atoms with Crippen LogP contribution < -0.4 is 15.2 Å². The van der Waals surface area contributed by atoms with Gasteiger partial charge in [-0.15, -0.1) is 10.2 Å². The van der Waals surface area contributed by atoms with Gasteiger partial charge in [0.05, 0.1) is 9.92 Å². The van der Waals surface area contributed by atoms with Crippen molar-refractivity contribution in [1.29, 1.82) is 0 Å². The Labute approximate surface area is 183 Å². The lowest BCUT2D eigenvalue weighted by molar-refractivity contribution is -0.141. The minimum absolute atomic E-state index is 0.0957. The number of ether oxygens (including phenoxy) is 1. The van der Waals surface area contributed by atoms with Gasteiger partial charge in [-0.3, -0.25) is 4.79 Å². The zero-order valence-electron chi connectivity index (χ0n) is 15.5. The van der Waals surface area contributed by atoms with Gasteiger partial charge in [-0.1, -0.05) is 17.7 Å². The molecule has 0 saturated heterocycles. The number of benzene rings is 2. The molecule has 0 aliphatic rings. The molecule has 1 amide bonds. The van der Waals surface area contributed by atoms with E-state index in [2.05, 4.69) is 15.5 Å². The molecule has 0 unspecified atom stereocenters. The predicted octanol–water partition coefficient (Wildman–Crippen LogP) is 3.98. The maximum atomic E-state index is 13.5. The van der Waals surface area contributed by atoms with Crippen LogP contribution in [-0.2, 0) is 16.2 Å². The van der Waals surface area contributed by atoms with E-state index in [-0.39, 0.29) is 21.4 Å². The van der Waals surface area contributed by atoms with Crippen LogP contribution in [0.5, 0.6) is 11.6 Å². The zero-order valence-corrected chi connectivity index (χ0v) is 17.1. The molecule has 0 saturated carbocycles. The van der Waals surface area contributed by atoms with Gasteiger partial charge in [0.2, 0.25) is 10.0 Å². The molecule has 0 atom stereocenters. The third-order valence-electron chi connectivity index (χ3n) is 3.82. The van der Waals surface area contributed by atoms with Crippen LogP contribution in [0.25, 0.3) is 0 Å². The summed E-state index contributed by atoms with van der Waals surface area (Å²) in [6.07, 6.45) is -4.94. The summed E-state index contributed by atoms with van der Waals surface area (Å²) >= 11 is 5.88. The maximum Gasteiger partial charge on any atom is 0.435 e. The number of alkyl halides is 3. The fraction of sp³-hybridized carbons (Fsp3) is 0.0556. The van der Waals surface area contributed by atoms with Gasteiger partial charge in [-0.2, -0.15) is 13.2 Å². The van der Waals surface area contributed by atoms with Crippen molar-refractivity contribution in [2.24, 2.45) is 5.14 Å². The van der Waals surface area contributed by atoms with Crippen molar-refractivity contribution in [3.8, 4) is 11.6 Å². The van der Waals surface area contributed by atoms with Gasteiger partial charge < -0.3 is 10.1 Å². The van der Waals surface area contributed by atoms with E-state index in [1.54, 1.807) is 0 Å². The Morgan fingerprint density at radius 2 is 1.81 bits per heavy atom. The van der Waals surface area contributed by atoms with Crippen LogP contribution in [0.4, 0.5) is 23.2 Å². The summed E-state index contributed by atoms with van der Waals surface area (Å²) in [5.74, 6) is -2.95. The predicted molar refractivity (Wildman–Crippen MR) is 104 cm³/mol. The summed E-state index contributed by atoms with van der Waals surface area (Å²) < 4.78 is 80.9. The number of amides is 1. The second-order valence-corrected chi connectivity index (χ2v) is 8.12. The number of rotatable bonds is 5. The molecule has 3 aromatic rings. The summed E-state index contributed by atoms with van der Waals surface area (Å²) in [5.41, 5.74) is -2.33. The normalized spacial score (nSPS) is 11.8. The van der Waals surface area contributed by atoms with Crippen molar-refractivity contribution < 1.29 is 35.5 Å². The minimum atomic E-state index is -4.94. The number of sulfonamides is 1. The third-order valence-corrected chi connectivity index (χ3v) is 5.04. The molecule has 0 spiro atoms. The lowest BCUT2D eigenvalue weighted by Gasteiger charge is -2.13. The first kappa shape index (κ1) is 23.4. The van der Waals surface area contributed by atoms with Crippen LogP contribution in [0.1, 0.15) is 16.1 Å². The van der Waals surface area contributed by atoms with Crippen LogP contribution in [0, 0.1) is 5.82 Å². The number of nitrogens with two attached hydrogens (primary N) is 1. The first-order valence-electron chi connectivity index (χ1n) is 8.36. The van der Waals surface area contributed by atoms with Gasteiger partial charge in [-0.05, 0) is 36.4 Å². The van der Waals surface area contributed by atoms with Crippen molar-refractivity contribution in [2.75, 3.05) is 5.32 Å². The number of nitrogens with one attached hydrogen (secondary N) is 1. The monoisotopic (exact) mass is 490 g/mol. The Bertz CT molecular complexity index is 1300. The van der Waals surface area contributed by atoms with Crippen molar-refractivity contribution in [3.63, 3.8) is 0 Å². The smallest absolute Gasteiger partial charge is 0.435 e. The molecule has 168 valence electrons. The number of hydrogen-bond donors (Lipinski definition) is 2. The van der Waals surface area contributed by atoms with Gasteiger partial charge in [0.25, 0.3) is 11.8 Å². The first-order valence-corrected chi connectivity index (χ1v) is 10.3. The highest BCUT2D eigenvalue weighted by atomic mass is 35.5. The number of aromatic nitrogens is 2. The van der Waals surface area contributed by atoms with E-state index in [1.807, 2.05) is 0 Å². The molecule has 0 fully saturated rings. The van der Waals surface area contributed by atoms with Crippen LogP contribution >= 0.6 is 11.6 Å². The van der Waals surface area contributed by atoms with Crippen molar-refractivity contribution in [2.45, 2.75) is 11.1 Å². The number of hydrogen-bond acceptors (Lipinski definition) is 6. The molecule has 14 heteroatoms. The highest BCUT2D eigenvalue weighted by Crippen LogP contribution is 2.34. The fourth-order valence-corrected chi connectivity index (χ4v) is 3.08. The minimum Gasteiger partial charge on any atom is -0.435 e. The lowest BCUT2D eigenvalue weighted by Crippen LogP contribution is -2.18. The van der Waals surface area contributed by atoms with E-state index in [4.69, 9.17) is 21.5 Å². The fourth-order valence-electron chi connectivity index (χ4n) is 2.37. The molecule has 0 aliphatic carbocycles. The molecule has 0 radical (unpaired) electrons. The molecular formula is C18H11ClF4N4O4S. The SMILES string of the molecule is NS(=O)(=O)c1cccc(NC(=O)c2cc(C(F)(F)F)nnc2Oc2cc(F)ccc2Cl)c1. The molecule has 1 heterocycles. The van der Waals surface area contributed by atoms with E-state index in [1.165, 1.54) is 12.1 Å². The Morgan fingerprint density at radius 1 is 1.09 bits per heavy atom. The maximum absolute atomic E-state index is 13.5. The first-order chi connectivity index (χ1) is 14.8. The lowest BCUT2D eigenvalue weighted by atomic mass is 10.2. The second-order valence-electron chi connectivity index (χ2n) is 6.15. The van der Waals surface area contributed by atoms with Crippen molar-refractivity contribution in [3.05, 3.63) is 70.6 Å². The number of carbonyl (C=O) groups excluding carboxylic acids is 1. The quantitative estimate of drug-likeness (QED) is 0.521. The number of halogens is 5. The molecule has 32 heavy (non-hydrogen) atoms. The Balaban J connectivity index is 2.02. The molecule has 8 nitrogen and oxygen atoms in total. The molecule has 3 N–H and O–H groups in total. The highest BCUT2D eigenvalue weighted by molar-refractivity contribution is 7.89. The molecule has 0 aliphatic heterocycles. The second kappa shape index (κ2) is 8.68. The van der Waals surface area contributed by atoms with Gasteiger partial charge in [0.15, 0.2) is 11.4 Å². The largest absolute Gasteiger partial charge is 0.435 e. The molecular weight excluding hydrogens is 480 g/mol. The summed E-state index contributed by atoms with van der Waals surface area (Å²) in [5, 5.41) is 13.4. The van der Waals surface area contributed by atoms with Crippen LogP contribution in [0.2, 0.25) is 5.02 Å². The van der Waals surface area contributed by atoms with E-state index < -0.39 is 45.1 Å². The topological polar surface area (TPSA) is 124 Å². The average molecular weight is 491 g/mol. The number of primary sulfonamides is 1. The summed E-state index contributed by atoms with van der Waals surface area (Å²) in [4.78, 5) is 12.4. The number of nitrogens with zero attached hydrogens (tertiary/aromatic N) is 2. The van der Waals surface area contributed by atoms with Gasteiger partial charge >= 0.3 is 6.18 Å². The van der Waals surface area contributed by atoms with Crippen LogP contribution in [-0.4, -0.2) is 24.5 Å². The van der Waals surface area contributed by atoms with E-state index >= 15 is 0 Å². The third kappa shape index (κ3) is 5.49. The van der Waals surface area contributed by atoms with Crippen molar-refractivity contribution in [1.82, 2.24) is 10.2 Å². The molecule has 1 aromatic heterocycles. The molecule has 3 rings (SSSR count). The zero-order chi connectivity index (χ0) is 23.7. The van der Waals surface area contributed by atoms with Crippen molar-refractivity contribution >= 4 is 33.2 Å².